The Labute approximate surface area is 286 Å². The molecule has 3 aromatic rings. The minimum absolute atomic E-state index is 0.113. The number of carbonyl (C=O) groups is 1. The molecule has 0 unspecified atom stereocenters. The van der Waals surface area contributed by atoms with E-state index in [-0.39, 0.29) is 24.6 Å². The third-order valence-electron chi connectivity index (χ3n) is 8.52. The van der Waals surface area contributed by atoms with Gasteiger partial charge in [-0.1, -0.05) is 81.2 Å². The third kappa shape index (κ3) is 12.6. The molecule has 0 spiro atoms. The Morgan fingerprint density at radius 3 is 1.65 bits per heavy atom. The van der Waals surface area contributed by atoms with Crippen LogP contribution in [-0.4, -0.2) is 51.7 Å². The first-order chi connectivity index (χ1) is 23.5. The molecule has 0 N–H and O–H groups in total. The molecule has 0 fully saturated rings. The summed E-state index contributed by atoms with van der Waals surface area (Å²) in [7, 11) is 4.95. The zero-order chi connectivity index (χ0) is 34.0. The summed E-state index contributed by atoms with van der Waals surface area (Å²) in [4.78, 5) is 13.3. The van der Waals surface area contributed by atoms with Gasteiger partial charge in [-0.25, -0.2) is 0 Å². The highest BCUT2D eigenvalue weighted by Gasteiger charge is 2.30. The highest BCUT2D eigenvalue weighted by Crippen LogP contribution is 2.25. The SMILES string of the molecule is CCCCCCC[C@@H]1C[C@H](OCc2ccc(OC)cc2)[C@H](OCc2ccc(OC)cc2)/C=C/[C@@H](OCc2ccc(OC)cc2)CC(=O)O1. The molecule has 0 radical (unpaired) electrons. The zero-order valence-electron chi connectivity index (χ0n) is 28.9. The number of hydrogen-bond donors (Lipinski definition) is 0. The predicted molar refractivity (Wildman–Crippen MR) is 186 cm³/mol. The van der Waals surface area contributed by atoms with Gasteiger partial charge in [-0.3, -0.25) is 4.79 Å². The summed E-state index contributed by atoms with van der Waals surface area (Å²) in [5.41, 5.74) is 3.01. The monoisotopic (exact) mass is 660 g/mol. The van der Waals surface area contributed by atoms with Crippen molar-refractivity contribution in [3.63, 3.8) is 0 Å². The summed E-state index contributed by atoms with van der Waals surface area (Å²) in [6.07, 6.45) is 9.34. The molecule has 4 rings (SSSR count). The van der Waals surface area contributed by atoms with Crippen LogP contribution in [0.3, 0.4) is 0 Å². The fourth-order valence-corrected chi connectivity index (χ4v) is 5.62. The van der Waals surface area contributed by atoms with Crippen molar-refractivity contribution >= 4 is 5.97 Å². The number of hydrogen-bond acceptors (Lipinski definition) is 8. The molecule has 0 aromatic heterocycles. The molecule has 0 saturated carbocycles. The predicted octanol–water partition coefficient (Wildman–Crippen LogP) is 8.39. The Balaban J connectivity index is 1.57. The maximum absolute atomic E-state index is 13.3. The smallest absolute Gasteiger partial charge is 0.309 e. The lowest BCUT2D eigenvalue weighted by Gasteiger charge is -2.31. The second kappa shape index (κ2) is 20.5. The summed E-state index contributed by atoms with van der Waals surface area (Å²) in [6, 6.07) is 23.4. The van der Waals surface area contributed by atoms with Crippen LogP contribution in [0.15, 0.2) is 84.9 Å². The number of cyclic esters (lactones) is 1. The Morgan fingerprint density at radius 1 is 0.625 bits per heavy atom. The normalized spacial score (nSPS) is 20.5. The lowest BCUT2D eigenvalue weighted by atomic mass is 9.99. The van der Waals surface area contributed by atoms with E-state index in [0.29, 0.717) is 26.2 Å². The van der Waals surface area contributed by atoms with E-state index in [2.05, 4.69) is 6.92 Å². The van der Waals surface area contributed by atoms with Gasteiger partial charge in [0.2, 0.25) is 0 Å². The second-order valence-corrected chi connectivity index (χ2v) is 12.2. The molecule has 260 valence electrons. The molecule has 0 saturated heterocycles. The number of benzene rings is 3. The Hall–Kier alpha value is -3.85. The molecule has 1 heterocycles. The number of rotatable bonds is 18. The van der Waals surface area contributed by atoms with Crippen LogP contribution >= 0.6 is 0 Å². The third-order valence-corrected chi connectivity index (χ3v) is 8.52. The van der Waals surface area contributed by atoms with Gasteiger partial charge in [0.1, 0.15) is 29.5 Å². The molecular formula is C40H52O8. The van der Waals surface area contributed by atoms with Gasteiger partial charge in [-0.15, -0.1) is 0 Å². The topological polar surface area (TPSA) is 81.7 Å². The van der Waals surface area contributed by atoms with Crippen molar-refractivity contribution in [3.05, 3.63) is 102 Å². The van der Waals surface area contributed by atoms with Gasteiger partial charge in [-0.2, -0.15) is 0 Å². The molecule has 3 aromatic carbocycles. The van der Waals surface area contributed by atoms with Gasteiger partial charge in [0, 0.05) is 6.42 Å². The summed E-state index contributed by atoms with van der Waals surface area (Å²) >= 11 is 0. The Morgan fingerprint density at radius 2 is 1.12 bits per heavy atom. The van der Waals surface area contributed by atoms with Crippen molar-refractivity contribution in [1.82, 2.24) is 0 Å². The van der Waals surface area contributed by atoms with E-state index in [4.69, 9.17) is 33.2 Å². The molecule has 4 atom stereocenters. The Bertz CT molecular complexity index is 1350. The van der Waals surface area contributed by atoms with Crippen molar-refractivity contribution in [2.75, 3.05) is 21.3 Å². The van der Waals surface area contributed by atoms with Gasteiger partial charge >= 0.3 is 5.97 Å². The minimum Gasteiger partial charge on any atom is -0.497 e. The van der Waals surface area contributed by atoms with Crippen LogP contribution in [0, 0.1) is 0 Å². The van der Waals surface area contributed by atoms with Crippen LogP contribution < -0.4 is 14.2 Å². The number of esters is 1. The maximum Gasteiger partial charge on any atom is 0.309 e. The number of methoxy groups -OCH3 is 3. The van der Waals surface area contributed by atoms with Gasteiger partial charge in [-0.05, 0) is 65.9 Å². The quantitative estimate of drug-likeness (QED) is 0.0765. The van der Waals surface area contributed by atoms with Crippen molar-refractivity contribution in [3.8, 4) is 17.2 Å². The van der Waals surface area contributed by atoms with Gasteiger partial charge in [0.05, 0.1) is 59.8 Å². The number of unbranched alkanes of at least 4 members (excludes halogenated alkanes) is 4. The molecule has 0 amide bonds. The first-order valence-corrected chi connectivity index (χ1v) is 17.1. The van der Waals surface area contributed by atoms with Crippen molar-refractivity contribution < 1.29 is 38.0 Å². The van der Waals surface area contributed by atoms with Gasteiger partial charge < -0.3 is 33.2 Å². The average Bonchev–Trinajstić information content (AvgIpc) is 3.12. The maximum atomic E-state index is 13.3. The molecule has 1 aliphatic rings. The average molecular weight is 661 g/mol. The zero-order valence-corrected chi connectivity index (χ0v) is 28.9. The molecule has 1 aliphatic heterocycles. The van der Waals surface area contributed by atoms with Crippen molar-refractivity contribution in [2.24, 2.45) is 0 Å². The molecular weight excluding hydrogens is 608 g/mol. The van der Waals surface area contributed by atoms with Crippen LogP contribution in [-0.2, 0) is 43.6 Å². The number of carbonyl (C=O) groups excluding carboxylic acids is 1. The molecule has 8 nitrogen and oxygen atoms in total. The van der Waals surface area contributed by atoms with E-state index in [9.17, 15) is 4.79 Å². The second-order valence-electron chi connectivity index (χ2n) is 12.2. The highest BCUT2D eigenvalue weighted by molar-refractivity contribution is 5.70. The van der Waals surface area contributed by atoms with E-state index in [1.807, 2.05) is 84.9 Å². The van der Waals surface area contributed by atoms with Crippen LogP contribution in [0.1, 0.15) is 75.0 Å². The molecule has 0 aliphatic carbocycles. The first kappa shape index (κ1) is 37.0. The molecule has 48 heavy (non-hydrogen) atoms. The number of ether oxygens (including phenoxy) is 7. The first-order valence-electron chi connectivity index (χ1n) is 17.1. The lowest BCUT2D eigenvalue weighted by Crippen LogP contribution is -2.37. The minimum atomic E-state index is -0.503. The summed E-state index contributed by atoms with van der Waals surface area (Å²) in [5, 5.41) is 0. The summed E-state index contributed by atoms with van der Waals surface area (Å²) in [5.74, 6) is 2.08. The van der Waals surface area contributed by atoms with E-state index >= 15 is 0 Å². The fraction of sp³-hybridized carbons (Fsp3) is 0.475. The van der Waals surface area contributed by atoms with E-state index in [0.717, 1.165) is 53.2 Å². The van der Waals surface area contributed by atoms with E-state index < -0.39 is 12.2 Å². The highest BCUT2D eigenvalue weighted by atomic mass is 16.6. The van der Waals surface area contributed by atoms with Crippen molar-refractivity contribution in [2.45, 2.75) is 103 Å². The van der Waals surface area contributed by atoms with Gasteiger partial charge in [0.25, 0.3) is 0 Å². The van der Waals surface area contributed by atoms with Crippen LogP contribution in [0.5, 0.6) is 17.2 Å². The largest absolute Gasteiger partial charge is 0.497 e. The lowest BCUT2D eigenvalue weighted by molar-refractivity contribution is -0.156. The summed E-state index contributed by atoms with van der Waals surface area (Å²) < 4.78 is 41.6. The molecule has 0 bridgehead atoms. The van der Waals surface area contributed by atoms with Gasteiger partial charge in [0.15, 0.2) is 0 Å². The Kier molecular flexibility index (Phi) is 15.8. The van der Waals surface area contributed by atoms with Crippen molar-refractivity contribution in [1.29, 1.82) is 0 Å². The van der Waals surface area contributed by atoms with Crippen LogP contribution in [0.4, 0.5) is 0 Å². The fourth-order valence-electron chi connectivity index (χ4n) is 5.62. The standard InChI is InChI=1S/C40H52O8/c1-5-6-7-8-9-10-37-25-39(47-29-32-15-21-35(44-4)22-16-32)38(46-28-31-13-19-34(43-3)20-14-31)24-23-36(26-40(41)48-37)45-27-30-11-17-33(42-2)18-12-30/h11-24,36-39H,5-10,25-29H2,1-4H3/b24-23+/t36-,37-,38-,39+/m1/s1. The van der Waals surface area contributed by atoms with E-state index in [1.165, 1.54) is 19.3 Å². The molecule has 8 heteroatoms. The van der Waals surface area contributed by atoms with Crippen LogP contribution in [0.2, 0.25) is 0 Å². The summed E-state index contributed by atoms with van der Waals surface area (Å²) in [6.45, 7) is 3.29. The van der Waals surface area contributed by atoms with E-state index in [1.54, 1.807) is 21.3 Å². The van der Waals surface area contributed by atoms with Crippen LogP contribution in [0.25, 0.3) is 0 Å².